The zero-order valence-electron chi connectivity index (χ0n) is 23.3. The highest BCUT2D eigenvalue weighted by Gasteiger charge is 2.42. The van der Waals surface area contributed by atoms with Gasteiger partial charge in [-0.1, -0.05) is 17.4 Å². The van der Waals surface area contributed by atoms with Crippen LogP contribution < -0.4 is 5.32 Å². The maximum Gasteiger partial charge on any atom is 0.229 e. The van der Waals surface area contributed by atoms with Crippen LogP contribution in [0.3, 0.4) is 0 Å². The Labute approximate surface area is 244 Å². The number of hydrogen-bond donors (Lipinski definition) is 2. The van der Waals surface area contributed by atoms with E-state index in [1.165, 1.54) is 21.9 Å². The Hall–Kier alpha value is -2.55. The molecule has 2 N–H and O–H groups in total. The monoisotopic (exact) mass is 600 g/mol. The lowest BCUT2D eigenvalue weighted by molar-refractivity contribution is -0.125. The van der Waals surface area contributed by atoms with E-state index in [1.54, 1.807) is 12.4 Å². The van der Waals surface area contributed by atoms with Gasteiger partial charge < -0.3 is 15.2 Å². The van der Waals surface area contributed by atoms with Crippen molar-refractivity contribution in [3.63, 3.8) is 0 Å². The molecule has 3 atom stereocenters. The van der Waals surface area contributed by atoms with Crippen molar-refractivity contribution < 1.29 is 23.1 Å². The minimum atomic E-state index is -3.17. The van der Waals surface area contributed by atoms with Gasteiger partial charge in [0.2, 0.25) is 15.9 Å². The fraction of sp³-hybridized carbons (Fsp3) is 0.571. The molecule has 3 heterocycles. The molecular formula is C28H36N6O5S2. The van der Waals surface area contributed by atoms with Gasteiger partial charge in [0.1, 0.15) is 6.61 Å². The third kappa shape index (κ3) is 6.30. The third-order valence-corrected chi connectivity index (χ3v) is 10.8. The zero-order valence-corrected chi connectivity index (χ0v) is 24.9. The van der Waals surface area contributed by atoms with E-state index in [4.69, 9.17) is 4.74 Å². The molecule has 3 aliphatic rings. The van der Waals surface area contributed by atoms with E-state index in [0.29, 0.717) is 36.6 Å². The zero-order chi connectivity index (χ0) is 28.7. The van der Waals surface area contributed by atoms with E-state index in [9.17, 15) is 18.3 Å². The number of piperazine rings is 1. The Bertz CT molecular complexity index is 1510. The number of hydrogen-bond acceptors (Lipinski definition) is 10. The number of thiazole rings is 1. The molecule has 0 unspecified atom stereocenters. The Balaban J connectivity index is 1.02. The largest absolute Gasteiger partial charge is 0.390 e. The lowest BCUT2D eigenvalue weighted by Gasteiger charge is -2.48. The number of sulfonamides is 1. The van der Waals surface area contributed by atoms with Crippen LogP contribution >= 0.6 is 11.3 Å². The number of carbonyl (C=O) groups is 1. The number of aliphatic hydroxyl groups excluding tert-OH is 1. The van der Waals surface area contributed by atoms with E-state index in [1.807, 2.05) is 18.2 Å². The number of ether oxygens (including phenoxy) is 1. The first-order valence-corrected chi connectivity index (χ1v) is 16.8. The van der Waals surface area contributed by atoms with Crippen molar-refractivity contribution in [1.29, 1.82) is 0 Å². The molecule has 6 rings (SSSR count). The lowest BCUT2D eigenvalue weighted by Crippen LogP contribution is -2.60. The highest BCUT2D eigenvalue weighted by molar-refractivity contribution is 7.88. The number of amides is 1. The second-order valence-electron chi connectivity index (χ2n) is 11.5. The minimum Gasteiger partial charge on any atom is -0.390 e. The van der Waals surface area contributed by atoms with E-state index in [0.717, 1.165) is 53.4 Å². The van der Waals surface area contributed by atoms with Gasteiger partial charge in [0.05, 0.1) is 28.7 Å². The predicted molar refractivity (Wildman–Crippen MR) is 157 cm³/mol. The van der Waals surface area contributed by atoms with Gasteiger partial charge in [-0.25, -0.2) is 23.4 Å². The van der Waals surface area contributed by atoms with Gasteiger partial charge in [0, 0.05) is 55.6 Å². The number of rotatable bonds is 8. The molecule has 1 amide bonds. The van der Waals surface area contributed by atoms with Crippen molar-refractivity contribution >= 4 is 42.6 Å². The van der Waals surface area contributed by atoms with Crippen LogP contribution in [0.15, 0.2) is 30.6 Å². The van der Waals surface area contributed by atoms with Crippen LogP contribution in [0.4, 0.5) is 5.13 Å². The van der Waals surface area contributed by atoms with Crippen LogP contribution in [-0.4, -0.2) is 93.8 Å². The molecule has 2 saturated carbocycles. The predicted octanol–water partition coefficient (Wildman–Crippen LogP) is 2.87. The van der Waals surface area contributed by atoms with Gasteiger partial charge in [0.15, 0.2) is 11.0 Å². The maximum absolute atomic E-state index is 12.9. The summed E-state index contributed by atoms with van der Waals surface area (Å²) in [5.74, 6) is 0.499. The second-order valence-corrected chi connectivity index (χ2v) is 14.5. The number of anilines is 1. The summed E-state index contributed by atoms with van der Waals surface area (Å²) in [6.45, 7) is 4.02. The molecule has 1 saturated heterocycles. The minimum absolute atomic E-state index is 0.0146. The molecule has 1 aromatic carbocycles. The van der Waals surface area contributed by atoms with E-state index in [2.05, 4.69) is 32.1 Å². The number of benzene rings is 1. The molecule has 13 heteroatoms. The van der Waals surface area contributed by atoms with Gasteiger partial charge in [-0.05, 0) is 56.7 Å². The SMILES string of the molecule is C[C@H]1CN(S(C)(=O)=O)CCN1C1CC(C(=O)Nc2nc3ccc(-c4cnc(CO[C@H]5CCC[C@@H]5O)nc4)cc3s2)C1. The van der Waals surface area contributed by atoms with Crippen molar-refractivity contribution in [3.05, 3.63) is 36.4 Å². The molecule has 3 aromatic rings. The third-order valence-electron chi connectivity index (χ3n) is 8.57. The normalized spacial score (nSPS) is 27.6. The summed E-state index contributed by atoms with van der Waals surface area (Å²) in [7, 11) is -3.17. The molecule has 11 nitrogen and oxygen atoms in total. The molecule has 220 valence electrons. The summed E-state index contributed by atoms with van der Waals surface area (Å²) < 4.78 is 32.0. The summed E-state index contributed by atoms with van der Waals surface area (Å²) in [5, 5.41) is 13.5. The van der Waals surface area contributed by atoms with Gasteiger partial charge in [-0.3, -0.25) is 9.69 Å². The molecule has 2 aliphatic carbocycles. The van der Waals surface area contributed by atoms with Gasteiger partial charge in [-0.15, -0.1) is 0 Å². The molecule has 0 spiro atoms. The number of fused-ring (bicyclic) bond motifs is 1. The summed E-state index contributed by atoms with van der Waals surface area (Å²) in [4.78, 5) is 28.8. The first kappa shape index (κ1) is 28.6. The smallest absolute Gasteiger partial charge is 0.229 e. The Morgan fingerprint density at radius 3 is 2.63 bits per heavy atom. The van der Waals surface area contributed by atoms with Crippen LogP contribution in [0.2, 0.25) is 0 Å². The molecule has 41 heavy (non-hydrogen) atoms. The molecule has 2 aromatic heterocycles. The summed E-state index contributed by atoms with van der Waals surface area (Å²) in [6, 6.07) is 6.37. The van der Waals surface area contributed by atoms with Crippen molar-refractivity contribution in [2.24, 2.45) is 5.92 Å². The first-order chi connectivity index (χ1) is 19.6. The Morgan fingerprint density at radius 1 is 1.17 bits per heavy atom. The van der Waals surface area contributed by atoms with Crippen LogP contribution in [0.25, 0.3) is 21.3 Å². The van der Waals surface area contributed by atoms with Crippen LogP contribution in [-0.2, 0) is 26.2 Å². The van der Waals surface area contributed by atoms with Gasteiger partial charge >= 0.3 is 0 Å². The van der Waals surface area contributed by atoms with Gasteiger partial charge in [-0.2, -0.15) is 4.31 Å². The van der Waals surface area contributed by atoms with Crippen molar-refractivity contribution in [1.82, 2.24) is 24.2 Å². The van der Waals surface area contributed by atoms with E-state index < -0.39 is 16.1 Å². The number of nitrogens with zero attached hydrogens (tertiary/aromatic N) is 5. The lowest BCUT2D eigenvalue weighted by atomic mass is 9.78. The van der Waals surface area contributed by atoms with Crippen molar-refractivity contribution in [2.75, 3.05) is 31.2 Å². The van der Waals surface area contributed by atoms with Crippen molar-refractivity contribution in [3.8, 4) is 11.1 Å². The second kappa shape index (κ2) is 11.6. The fourth-order valence-electron chi connectivity index (χ4n) is 6.08. The van der Waals surface area contributed by atoms with E-state index in [-0.39, 0.29) is 30.6 Å². The molecule has 0 radical (unpaired) electrons. The Morgan fingerprint density at radius 2 is 1.95 bits per heavy atom. The molecule has 1 aliphatic heterocycles. The van der Waals surface area contributed by atoms with Gasteiger partial charge in [0.25, 0.3) is 0 Å². The molecule has 0 bridgehead atoms. The van der Waals surface area contributed by atoms with Crippen LogP contribution in [0.5, 0.6) is 0 Å². The number of aliphatic hydroxyl groups is 1. The molecular weight excluding hydrogens is 564 g/mol. The average Bonchev–Trinajstić information content (AvgIpc) is 3.51. The highest BCUT2D eigenvalue weighted by Crippen LogP contribution is 2.36. The topological polar surface area (TPSA) is 138 Å². The molecule has 3 fully saturated rings. The maximum atomic E-state index is 12.9. The fourth-order valence-corrected chi connectivity index (χ4v) is 7.89. The standard InChI is InChI=1S/C28H36N6O5S2/c1-17-15-33(41(2,37)38)8-9-34(17)21-10-19(11-21)27(36)32-28-31-22-7-6-18(12-25(22)40-28)20-13-29-26(30-14-20)16-39-24-5-3-4-23(24)35/h6-7,12-14,17,19,21,23-24,35H,3-5,8-11,15-16H2,1-2H3,(H,31,32,36)/t17-,19?,21?,23-,24-/m0/s1. The highest BCUT2D eigenvalue weighted by atomic mass is 32.2. The quantitative estimate of drug-likeness (QED) is 0.400. The average molecular weight is 601 g/mol. The van der Waals surface area contributed by atoms with Crippen LogP contribution in [0, 0.1) is 5.92 Å². The summed E-state index contributed by atoms with van der Waals surface area (Å²) >= 11 is 1.44. The number of nitrogens with one attached hydrogen (secondary N) is 1. The Kier molecular flexibility index (Phi) is 8.09. The van der Waals surface area contributed by atoms with Crippen LogP contribution in [0.1, 0.15) is 44.9 Å². The first-order valence-electron chi connectivity index (χ1n) is 14.2. The summed E-state index contributed by atoms with van der Waals surface area (Å²) in [6.07, 6.45) is 8.43. The summed E-state index contributed by atoms with van der Waals surface area (Å²) in [5.41, 5.74) is 2.66. The number of carbonyl (C=O) groups excluding carboxylic acids is 1. The van der Waals surface area contributed by atoms with Crippen molar-refractivity contribution in [2.45, 2.75) is 69.9 Å². The number of aromatic nitrogens is 3. The van der Waals surface area contributed by atoms with E-state index >= 15 is 0 Å².